The molecule has 0 N–H and O–H groups in total. The van der Waals surface area contributed by atoms with Crippen molar-refractivity contribution in [2.24, 2.45) is 0 Å². The minimum absolute atomic E-state index is 0.0134. The van der Waals surface area contributed by atoms with E-state index >= 15 is 0 Å². The predicted molar refractivity (Wildman–Crippen MR) is 120 cm³/mol. The van der Waals surface area contributed by atoms with Gasteiger partial charge in [0, 0.05) is 34.0 Å². The Balaban J connectivity index is 1.88. The van der Waals surface area contributed by atoms with E-state index in [1.54, 1.807) is 17.5 Å². The van der Waals surface area contributed by atoms with Gasteiger partial charge in [0.25, 0.3) is 0 Å². The van der Waals surface area contributed by atoms with Gasteiger partial charge in [-0.05, 0) is 41.8 Å². The van der Waals surface area contributed by atoms with Gasteiger partial charge in [-0.15, -0.1) is 11.3 Å². The van der Waals surface area contributed by atoms with Crippen LogP contribution in [0.2, 0.25) is 0 Å². The maximum absolute atomic E-state index is 14.2. The number of halogens is 1. The first-order chi connectivity index (χ1) is 14.0. The number of thiophene rings is 1. The number of aromatic nitrogens is 1. The standard InChI is InChI=1S/C23H22FN2OPS/c1-3-21(27)26-12-19(18-11-14(2)29-20(18)13-26)16-8-5-4-7-15(16)17-9-6-10-25-22(17)23(24)28/h3-11,19,23H,1,12-13,28H2,2H3. The molecule has 6 heteroatoms. The summed E-state index contributed by atoms with van der Waals surface area (Å²) in [6.45, 7) is 6.92. The van der Waals surface area contributed by atoms with E-state index in [0.29, 0.717) is 18.8 Å². The lowest BCUT2D eigenvalue weighted by Gasteiger charge is -2.33. The van der Waals surface area contributed by atoms with E-state index in [4.69, 9.17) is 0 Å². The Morgan fingerprint density at radius 2 is 2.07 bits per heavy atom. The Kier molecular flexibility index (Phi) is 5.62. The van der Waals surface area contributed by atoms with Crippen molar-refractivity contribution >= 4 is 26.5 Å². The highest BCUT2D eigenvalue weighted by atomic mass is 32.1. The minimum atomic E-state index is -1.25. The lowest BCUT2D eigenvalue weighted by molar-refractivity contribution is -0.127. The van der Waals surface area contributed by atoms with Crippen LogP contribution in [-0.4, -0.2) is 22.3 Å². The number of nitrogens with zero attached hydrogens (tertiary/aromatic N) is 2. The van der Waals surface area contributed by atoms with Crippen LogP contribution in [0.1, 0.15) is 38.4 Å². The molecule has 0 saturated carbocycles. The van der Waals surface area contributed by atoms with Gasteiger partial charge in [0.1, 0.15) is 0 Å². The summed E-state index contributed by atoms with van der Waals surface area (Å²) in [5.41, 5.74) is 4.47. The van der Waals surface area contributed by atoms with Crippen LogP contribution in [0, 0.1) is 6.92 Å². The SMILES string of the molecule is C=CC(=O)N1Cc2sc(C)cc2C(c2ccccc2-c2cccnc2C(F)P)C1. The van der Waals surface area contributed by atoms with Gasteiger partial charge in [-0.1, -0.05) is 46.2 Å². The predicted octanol–water partition coefficient (Wildman–Crippen LogP) is 5.62. The molecular formula is C23H22FN2OPS. The zero-order valence-corrected chi connectivity index (χ0v) is 18.1. The topological polar surface area (TPSA) is 33.2 Å². The van der Waals surface area contributed by atoms with Crippen LogP contribution in [0.4, 0.5) is 4.39 Å². The molecule has 3 heterocycles. The van der Waals surface area contributed by atoms with Crippen LogP contribution in [0.3, 0.4) is 0 Å². The molecule has 0 aliphatic carbocycles. The van der Waals surface area contributed by atoms with Crippen LogP contribution in [-0.2, 0) is 11.3 Å². The Morgan fingerprint density at radius 3 is 2.83 bits per heavy atom. The van der Waals surface area contributed by atoms with Crippen molar-refractivity contribution in [3.63, 3.8) is 0 Å². The molecule has 3 unspecified atom stereocenters. The highest BCUT2D eigenvalue weighted by molar-refractivity contribution is 7.16. The first-order valence-electron chi connectivity index (χ1n) is 9.44. The fourth-order valence-electron chi connectivity index (χ4n) is 4.03. The quantitative estimate of drug-likeness (QED) is 0.402. The second-order valence-electron chi connectivity index (χ2n) is 7.14. The summed E-state index contributed by atoms with van der Waals surface area (Å²) in [6, 6.07) is 14.0. The first kappa shape index (κ1) is 19.9. The van der Waals surface area contributed by atoms with Gasteiger partial charge < -0.3 is 4.90 Å². The summed E-state index contributed by atoms with van der Waals surface area (Å²) in [5, 5.41) is 0. The number of hydrogen-bond acceptors (Lipinski definition) is 3. The highest BCUT2D eigenvalue weighted by Crippen LogP contribution is 2.43. The van der Waals surface area contributed by atoms with Crippen molar-refractivity contribution in [3.05, 3.63) is 87.9 Å². The van der Waals surface area contributed by atoms with Crippen molar-refractivity contribution in [2.45, 2.75) is 25.3 Å². The maximum Gasteiger partial charge on any atom is 0.246 e. The summed E-state index contributed by atoms with van der Waals surface area (Å²) in [7, 11) is 2.19. The van der Waals surface area contributed by atoms with E-state index in [1.807, 2.05) is 35.2 Å². The van der Waals surface area contributed by atoms with E-state index in [2.05, 4.69) is 39.9 Å². The first-order valence-corrected chi connectivity index (χ1v) is 10.9. The van der Waals surface area contributed by atoms with E-state index in [-0.39, 0.29) is 11.8 Å². The average molecular weight is 424 g/mol. The van der Waals surface area contributed by atoms with Gasteiger partial charge in [-0.3, -0.25) is 9.78 Å². The Labute approximate surface area is 176 Å². The van der Waals surface area contributed by atoms with Crippen molar-refractivity contribution < 1.29 is 9.18 Å². The summed E-state index contributed by atoms with van der Waals surface area (Å²) >= 11 is 1.73. The average Bonchev–Trinajstić information content (AvgIpc) is 3.12. The molecular weight excluding hydrogens is 402 g/mol. The second kappa shape index (κ2) is 8.17. The maximum atomic E-state index is 14.2. The Morgan fingerprint density at radius 1 is 1.31 bits per heavy atom. The van der Waals surface area contributed by atoms with Crippen LogP contribution in [0.15, 0.2) is 61.3 Å². The third-order valence-electron chi connectivity index (χ3n) is 5.29. The van der Waals surface area contributed by atoms with Crippen LogP contribution < -0.4 is 0 Å². The zero-order chi connectivity index (χ0) is 20.5. The summed E-state index contributed by atoms with van der Waals surface area (Å²) < 4.78 is 14.2. The number of pyridine rings is 1. The lowest BCUT2D eigenvalue weighted by atomic mass is 9.83. The monoisotopic (exact) mass is 424 g/mol. The van der Waals surface area contributed by atoms with Gasteiger partial charge in [0.15, 0.2) is 5.91 Å². The normalized spacial score (nSPS) is 16.9. The van der Waals surface area contributed by atoms with Gasteiger partial charge >= 0.3 is 0 Å². The number of rotatable bonds is 4. The number of carbonyl (C=O) groups is 1. The smallest absolute Gasteiger partial charge is 0.246 e. The second-order valence-corrected chi connectivity index (χ2v) is 9.06. The molecule has 0 saturated heterocycles. The van der Waals surface area contributed by atoms with Gasteiger partial charge in [0.2, 0.25) is 5.91 Å². The fraction of sp³-hybridized carbons (Fsp3) is 0.217. The molecule has 0 fully saturated rings. The zero-order valence-electron chi connectivity index (χ0n) is 16.1. The lowest BCUT2D eigenvalue weighted by Crippen LogP contribution is -2.37. The van der Waals surface area contributed by atoms with Gasteiger partial charge in [0.05, 0.1) is 12.2 Å². The molecule has 1 aromatic carbocycles. The number of amides is 1. The molecule has 3 nitrogen and oxygen atoms in total. The third-order valence-corrected chi connectivity index (χ3v) is 6.66. The van der Waals surface area contributed by atoms with E-state index in [9.17, 15) is 9.18 Å². The van der Waals surface area contributed by atoms with Crippen molar-refractivity contribution in [1.29, 1.82) is 0 Å². The van der Waals surface area contributed by atoms with Crippen LogP contribution >= 0.6 is 20.6 Å². The highest BCUT2D eigenvalue weighted by Gasteiger charge is 2.31. The molecule has 29 heavy (non-hydrogen) atoms. The van der Waals surface area contributed by atoms with Crippen molar-refractivity contribution in [3.8, 4) is 11.1 Å². The molecule has 2 aromatic heterocycles. The molecule has 0 bridgehead atoms. The molecule has 0 radical (unpaired) electrons. The number of aryl methyl sites for hydroxylation is 1. The fourth-order valence-corrected chi connectivity index (χ4v) is 5.41. The van der Waals surface area contributed by atoms with Gasteiger partial charge in [-0.25, -0.2) is 4.39 Å². The van der Waals surface area contributed by atoms with E-state index in [1.165, 1.54) is 21.4 Å². The van der Waals surface area contributed by atoms with Gasteiger partial charge in [-0.2, -0.15) is 0 Å². The van der Waals surface area contributed by atoms with Crippen LogP contribution in [0.25, 0.3) is 11.1 Å². The number of benzene rings is 1. The molecule has 148 valence electrons. The van der Waals surface area contributed by atoms with Crippen molar-refractivity contribution in [2.75, 3.05) is 6.54 Å². The third kappa shape index (κ3) is 3.77. The van der Waals surface area contributed by atoms with E-state index < -0.39 is 5.91 Å². The minimum Gasteiger partial charge on any atom is -0.333 e. The van der Waals surface area contributed by atoms with Crippen LogP contribution in [0.5, 0.6) is 0 Å². The molecule has 0 spiro atoms. The Hall–Kier alpha value is -2.36. The number of carbonyl (C=O) groups excluding carboxylic acids is 1. The van der Waals surface area contributed by atoms with Crippen molar-refractivity contribution in [1.82, 2.24) is 9.88 Å². The molecule has 3 aromatic rings. The molecule has 4 rings (SSSR count). The number of hydrogen-bond donors (Lipinski definition) is 0. The summed E-state index contributed by atoms with van der Waals surface area (Å²) in [6.07, 6.45) is 2.99. The Bertz CT molecular complexity index is 1080. The molecule has 3 atom stereocenters. The molecule has 1 aliphatic rings. The molecule has 1 amide bonds. The summed E-state index contributed by atoms with van der Waals surface area (Å²) in [5.74, 6) is -1.30. The summed E-state index contributed by atoms with van der Waals surface area (Å²) in [4.78, 5) is 20.9. The largest absolute Gasteiger partial charge is 0.333 e. The number of alkyl halides is 1. The molecule has 1 aliphatic heterocycles. The number of fused-ring (bicyclic) bond motifs is 1. The van der Waals surface area contributed by atoms with E-state index in [0.717, 1.165) is 16.7 Å².